The van der Waals surface area contributed by atoms with E-state index in [9.17, 15) is 8.42 Å². The van der Waals surface area contributed by atoms with Gasteiger partial charge in [0.2, 0.25) is 0 Å². The van der Waals surface area contributed by atoms with Crippen LogP contribution in [0.2, 0.25) is 0 Å². The van der Waals surface area contributed by atoms with Gasteiger partial charge >= 0.3 is 0 Å². The molecule has 4 rings (SSSR count). The number of fused-ring (bicyclic) bond motifs is 1. The molecular weight excluding hydrogens is 372 g/mol. The fourth-order valence-corrected chi connectivity index (χ4v) is 5.00. The first kappa shape index (κ1) is 18.3. The number of nitrogens with two attached hydrogens (primary N) is 1. The van der Waals surface area contributed by atoms with Gasteiger partial charge in [0.1, 0.15) is 5.75 Å². The predicted molar refractivity (Wildman–Crippen MR) is 110 cm³/mol. The summed E-state index contributed by atoms with van der Waals surface area (Å²) in [4.78, 5) is 0.213. The van der Waals surface area contributed by atoms with E-state index < -0.39 is 16.1 Å². The number of hydrogen-bond acceptors (Lipinski definition) is 4. The largest absolute Gasteiger partial charge is 0.496 e. The summed E-state index contributed by atoms with van der Waals surface area (Å²) in [5.74, 6) is 0.615. The van der Waals surface area contributed by atoms with E-state index in [1.165, 1.54) is 3.97 Å². The molecule has 6 heteroatoms. The number of ether oxygens (including phenoxy) is 1. The zero-order valence-electron chi connectivity index (χ0n) is 15.3. The molecule has 0 aliphatic heterocycles. The topological polar surface area (TPSA) is 74.3 Å². The third kappa shape index (κ3) is 2.96. The van der Waals surface area contributed by atoms with E-state index in [0.29, 0.717) is 17.0 Å². The smallest absolute Gasteiger partial charge is 0.268 e. The lowest BCUT2D eigenvalue weighted by Gasteiger charge is -2.19. The van der Waals surface area contributed by atoms with Crippen molar-refractivity contribution in [3.05, 3.63) is 96.2 Å². The van der Waals surface area contributed by atoms with Crippen molar-refractivity contribution in [1.29, 1.82) is 0 Å². The Morgan fingerprint density at radius 1 is 0.893 bits per heavy atom. The Balaban J connectivity index is 1.99. The first-order valence-electron chi connectivity index (χ1n) is 8.83. The third-order valence-corrected chi connectivity index (χ3v) is 6.52. The zero-order chi connectivity index (χ0) is 19.7. The van der Waals surface area contributed by atoms with Gasteiger partial charge in [-0.2, -0.15) is 0 Å². The molecule has 0 saturated carbocycles. The van der Waals surface area contributed by atoms with E-state index in [4.69, 9.17) is 10.5 Å². The lowest BCUT2D eigenvalue weighted by molar-refractivity contribution is 0.407. The highest BCUT2D eigenvalue weighted by Crippen LogP contribution is 2.34. The van der Waals surface area contributed by atoms with Crippen molar-refractivity contribution >= 4 is 20.9 Å². The maximum Gasteiger partial charge on any atom is 0.268 e. The minimum absolute atomic E-state index is 0.213. The Morgan fingerprint density at radius 3 is 2.29 bits per heavy atom. The Morgan fingerprint density at radius 2 is 1.54 bits per heavy atom. The highest BCUT2D eigenvalue weighted by Gasteiger charge is 2.27. The molecule has 0 spiro atoms. The molecule has 5 nitrogen and oxygen atoms in total. The number of methoxy groups -OCH3 is 1. The first-order chi connectivity index (χ1) is 13.5. The van der Waals surface area contributed by atoms with E-state index in [2.05, 4.69) is 0 Å². The number of aromatic nitrogens is 1. The number of nitrogens with zero attached hydrogens (tertiary/aromatic N) is 1. The van der Waals surface area contributed by atoms with Crippen molar-refractivity contribution in [1.82, 2.24) is 3.97 Å². The van der Waals surface area contributed by atoms with Gasteiger partial charge in [-0.25, -0.2) is 12.4 Å². The SMILES string of the molecule is COc1ccccc1C(N)c1cc2ccccc2n1S(=O)(=O)c1ccccc1. The molecule has 3 aromatic carbocycles. The fraction of sp³-hybridized carbons (Fsp3) is 0.0909. The molecule has 1 aromatic heterocycles. The van der Waals surface area contributed by atoms with Crippen LogP contribution in [0.15, 0.2) is 89.8 Å². The third-order valence-electron chi connectivity index (χ3n) is 4.77. The van der Waals surface area contributed by atoms with Gasteiger partial charge in [0.15, 0.2) is 0 Å². The van der Waals surface area contributed by atoms with Gasteiger partial charge in [-0.1, -0.05) is 54.6 Å². The van der Waals surface area contributed by atoms with E-state index in [1.54, 1.807) is 43.5 Å². The summed E-state index contributed by atoms with van der Waals surface area (Å²) in [6.45, 7) is 0. The summed E-state index contributed by atoms with van der Waals surface area (Å²) in [6.07, 6.45) is 0. The van der Waals surface area contributed by atoms with Crippen molar-refractivity contribution < 1.29 is 13.2 Å². The maximum absolute atomic E-state index is 13.5. The second kappa shape index (κ2) is 7.14. The van der Waals surface area contributed by atoms with Crippen LogP contribution in [0, 0.1) is 0 Å². The Labute approximate surface area is 164 Å². The van der Waals surface area contributed by atoms with Crippen molar-refractivity contribution in [2.24, 2.45) is 5.73 Å². The van der Waals surface area contributed by atoms with Gasteiger partial charge in [0.25, 0.3) is 10.0 Å². The van der Waals surface area contributed by atoms with Crippen molar-refractivity contribution in [3.8, 4) is 5.75 Å². The molecule has 1 heterocycles. The van der Waals surface area contributed by atoms with E-state index in [-0.39, 0.29) is 4.90 Å². The molecule has 0 fully saturated rings. The fourth-order valence-electron chi connectivity index (χ4n) is 3.42. The van der Waals surface area contributed by atoms with E-state index in [0.717, 1.165) is 10.9 Å². The van der Waals surface area contributed by atoms with Crippen molar-refractivity contribution in [2.45, 2.75) is 10.9 Å². The van der Waals surface area contributed by atoms with Crippen LogP contribution >= 0.6 is 0 Å². The van der Waals surface area contributed by atoms with Crippen LogP contribution in [0.25, 0.3) is 10.9 Å². The molecule has 1 atom stereocenters. The summed E-state index contributed by atoms with van der Waals surface area (Å²) in [6, 6.07) is 24.2. The molecule has 4 aromatic rings. The maximum atomic E-state index is 13.5. The Hall–Kier alpha value is -3.09. The summed E-state index contributed by atoms with van der Waals surface area (Å²) >= 11 is 0. The van der Waals surface area contributed by atoms with Crippen molar-refractivity contribution in [2.75, 3.05) is 7.11 Å². The van der Waals surface area contributed by atoms with Crippen LogP contribution < -0.4 is 10.5 Å². The molecule has 0 saturated heterocycles. The minimum Gasteiger partial charge on any atom is -0.496 e. The van der Waals surface area contributed by atoms with Gasteiger partial charge in [0, 0.05) is 10.9 Å². The zero-order valence-corrected chi connectivity index (χ0v) is 16.1. The van der Waals surface area contributed by atoms with E-state index >= 15 is 0 Å². The van der Waals surface area contributed by atoms with Gasteiger partial charge in [-0.15, -0.1) is 0 Å². The Bertz CT molecular complexity index is 1230. The number of rotatable bonds is 5. The van der Waals surface area contributed by atoms with Gasteiger partial charge in [-0.3, -0.25) is 0 Å². The monoisotopic (exact) mass is 392 g/mol. The predicted octanol–water partition coefficient (Wildman–Crippen LogP) is 3.94. The lowest BCUT2D eigenvalue weighted by Crippen LogP contribution is -2.22. The quantitative estimate of drug-likeness (QED) is 0.558. The highest BCUT2D eigenvalue weighted by atomic mass is 32.2. The molecule has 142 valence electrons. The molecule has 1 unspecified atom stereocenters. The molecule has 0 radical (unpaired) electrons. The second-order valence-corrected chi connectivity index (χ2v) is 8.22. The average molecular weight is 392 g/mol. The minimum atomic E-state index is -3.83. The number of hydrogen-bond donors (Lipinski definition) is 1. The highest BCUT2D eigenvalue weighted by molar-refractivity contribution is 7.90. The van der Waals surface area contributed by atoms with Crippen LogP contribution in [-0.4, -0.2) is 19.5 Å². The normalized spacial score (nSPS) is 12.8. The first-order valence-corrected chi connectivity index (χ1v) is 10.3. The van der Waals surface area contributed by atoms with E-state index in [1.807, 2.05) is 48.5 Å². The standard InChI is InChI=1S/C22H20N2O3S/c1-27-21-14-8-6-12-18(21)22(23)20-15-16-9-5-7-13-19(16)24(20)28(25,26)17-10-3-2-4-11-17/h2-15,22H,23H2,1H3. The van der Waals surface area contributed by atoms with Crippen LogP contribution in [0.5, 0.6) is 5.75 Å². The molecular formula is C22H20N2O3S. The molecule has 0 amide bonds. The van der Waals surface area contributed by atoms with Crippen LogP contribution in [0.1, 0.15) is 17.3 Å². The molecule has 28 heavy (non-hydrogen) atoms. The molecule has 0 aliphatic rings. The van der Waals surface area contributed by atoms with Crippen LogP contribution in [0.3, 0.4) is 0 Å². The second-order valence-electron chi connectivity index (χ2n) is 6.43. The molecule has 0 bridgehead atoms. The molecule has 0 aliphatic carbocycles. The summed E-state index contributed by atoms with van der Waals surface area (Å²) < 4.78 is 33.8. The van der Waals surface area contributed by atoms with Gasteiger partial charge in [-0.05, 0) is 30.3 Å². The summed E-state index contributed by atoms with van der Waals surface area (Å²) in [7, 11) is -2.26. The number of para-hydroxylation sites is 2. The summed E-state index contributed by atoms with van der Waals surface area (Å²) in [5.41, 5.74) is 8.36. The summed E-state index contributed by atoms with van der Waals surface area (Å²) in [5, 5.41) is 0.808. The lowest BCUT2D eigenvalue weighted by atomic mass is 10.0. The Kier molecular flexibility index (Phi) is 4.66. The number of benzene rings is 3. The van der Waals surface area contributed by atoms with Crippen LogP contribution in [0.4, 0.5) is 0 Å². The van der Waals surface area contributed by atoms with Crippen LogP contribution in [-0.2, 0) is 10.0 Å². The van der Waals surface area contributed by atoms with Crippen molar-refractivity contribution in [3.63, 3.8) is 0 Å². The van der Waals surface area contributed by atoms with Gasteiger partial charge in [0.05, 0.1) is 29.3 Å². The van der Waals surface area contributed by atoms with Gasteiger partial charge < -0.3 is 10.5 Å². The average Bonchev–Trinajstić information content (AvgIpc) is 3.14. The molecule has 2 N–H and O–H groups in total.